The fraction of sp³-hybridized carbons (Fsp3) is 0.474. The SMILES string of the molecule is CCC(C)c1ccc(C(CC)NC(=O)c2nn(CC)cc2Br)cc1. The van der Waals surface area contributed by atoms with Gasteiger partial charge in [0, 0.05) is 12.7 Å². The molecule has 1 N–H and O–H groups in total. The van der Waals surface area contributed by atoms with Crippen LogP contribution < -0.4 is 5.32 Å². The molecule has 2 unspecified atom stereocenters. The Labute approximate surface area is 152 Å². The van der Waals surface area contributed by atoms with E-state index in [1.807, 2.05) is 13.1 Å². The Kier molecular flexibility index (Phi) is 6.60. The molecule has 0 radical (unpaired) electrons. The van der Waals surface area contributed by atoms with Gasteiger partial charge < -0.3 is 5.32 Å². The first-order valence-corrected chi connectivity index (χ1v) is 9.43. The van der Waals surface area contributed by atoms with Crippen LogP contribution in [-0.4, -0.2) is 15.7 Å². The van der Waals surface area contributed by atoms with Crippen molar-refractivity contribution < 1.29 is 4.79 Å². The second-order valence-electron chi connectivity index (χ2n) is 6.09. The Morgan fingerprint density at radius 1 is 1.17 bits per heavy atom. The second-order valence-corrected chi connectivity index (χ2v) is 6.95. The summed E-state index contributed by atoms with van der Waals surface area (Å²) in [5.41, 5.74) is 2.90. The molecule has 1 aromatic carbocycles. The molecule has 1 aromatic heterocycles. The summed E-state index contributed by atoms with van der Waals surface area (Å²) in [6, 6.07) is 8.56. The number of halogens is 1. The van der Waals surface area contributed by atoms with Crippen LogP contribution in [0, 0.1) is 0 Å². The van der Waals surface area contributed by atoms with E-state index in [2.05, 4.69) is 71.4 Å². The van der Waals surface area contributed by atoms with E-state index in [4.69, 9.17) is 0 Å². The average Bonchev–Trinajstić information content (AvgIpc) is 3.00. The van der Waals surface area contributed by atoms with E-state index in [1.165, 1.54) is 5.56 Å². The lowest BCUT2D eigenvalue weighted by Crippen LogP contribution is -2.29. The quantitative estimate of drug-likeness (QED) is 0.716. The van der Waals surface area contributed by atoms with Gasteiger partial charge in [0.25, 0.3) is 5.91 Å². The lowest BCUT2D eigenvalue weighted by molar-refractivity contribution is 0.0929. The lowest BCUT2D eigenvalue weighted by Gasteiger charge is -2.18. The zero-order valence-electron chi connectivity index (χ0n) is 14.8. The Balaban J connectivity index is 2.13. The minimum Gasteiger partial charge on any atom is -0.344 e. The molecule has 0 bridgehead atoms. The van der Waals surface area contributed by atoms with Gasteiger partial charge in [-0.3, -0.25) is 9.48 Å². The van der Waals surface area contributed by atoms with E-state index in [-0.39, 0.29) is 11.9 Å². The molecule has 0 aliphatic carbocycles. The van der Waals surface area contributed by atoms with Gasteiger partial charge in [-0.25, -0.2) is 0 Å². The predicted octanol–water partition coefficient (Wildman–Crippen LogP) is 5.06. The van der Waals surface area contributed by atoms with Gasteiger partial charge in [-0.2, -0.15) is 5.10 Å². The third kappa shape index (κ3) is 4.26. The zero-order valence-corrected chi connectivity index (χ0v) is 16.4. The van der Waals surface area contributed by atoms with Crippen molar-refractivity contribution >= 4 is 21.8 Å². The van der Waals surface area contributed by atoms with Gasteiger partial charge in [-0.15, -0.1) is 0 Å². The summed E-state index contributed by atoms with van der Waals surface area (Å²) in [6.45, 7) is 9.23. The van der Waals surface area contributed by atoms with E-state index in [9.17, 15) is 4.79 Å². The molecule has 2 aromatic rings. The van der Waals surface area contributed by atoms with Gasteiger partial charge in [0.2, 0.25) is 0 Å². The Bertz CT molecular complexity index is 678. The third-order valence-corrected chi connectivity index (χ3v) is 5.07. The van der Waals surface area contributed by atoms with Crippen LogP contribution >= 0.6 is 15.9 Å². The molecule has 0 aliphatic rings. The molecule has 0 spiro atoms. The van der Waals surface area contributed by atoms with Crippen molar-refractivity contribution in [2.45, 2.75) is 59.0 Å². The van der Waals surface area contributed by atoms with Crippen molar-refractivity contribution in [1.82, 2.24) is 15.1 Å². The van der Waals surface area contributed by atoms with Crippen molar-refractivity contribution in [3.8, 4) is 0 Å². The molecule has 24 heavy (non-hydrogen) atoms. The standard InChI is InChI=1S/C19H26BrN3O/c1-5-13(4)14-8-10-15(11-9-14)17(6-2)21-19(24)18-16(20)12-23(7-3)22-18/h8-13,17H,5-7H2,1-4H3,(H,21,24). The summed E-state index contributed by atoms with van der Waals surface area (Å²) in [7, 11) is 0. The van der Waals surface area contributed by atoms with Crippen molar-refractivity contribution in [2.75, 3.05) is 0 Å². The number of rotatable bonds is 7. The molecular formula is C19H26BrN3O. The number of aromatic nitrogens is 2. The van der Waals surface area contributed by atoms with Crippen molar-refractivity contribution in [2.24, 2.45) is 0 Å². The lowest BCUT2D eigenvalue weighted by atomic mass is 9.95. The molecule has 0 saturated heterocycles. The van der Waals surface area contributed by atoms with Gasteiger partial charge in [0.15, 0.2) is 5.69 Å². The monoisotopic (exact) mass is 391 g/mol. The summed E-state index contributed by atoms with van der Waals surface area (Å²) in [6.07, 6.45) is 3.79. The second kappa shape index (κ2) is 8.47. The van der Waals surface area contributed by atoms with E-state index >= 15 is 0 Å². The van der Waals surface area contributed by atoms with Gasteiger partial charge in [0.1, 0.15) is 0 Å². The van der Waals surface area contributed by atoms with Crippen LogP contribution in [-0.2, 0) is 6.54 Å². The van der Waals surface area contributed by atoms with Crippen LogP contribution in [0.15, 0.2) is 34.9 Å². The number of aryl methyl sites for hydroxylation is 1. The maximum absolute atomic E-state index is 12.5. The highest BCUT2D eigenvalue weighted by molar-refractivity contribution is 9.10. The molecule has 5 heteroatoms. The van der Waals surface area contributed by atoms with Crippen LogP contribution in [0.2, 0.25) is 0 Å². The number of hydrogen-bond donors (Lipinski definition) is 1. The highest BCUT2D eigenvalue weighted by Gasteiger charge is 2.19. The summed E-state index contributed by atoms with van der Waals surface area (Å²) in [5.74, 6) is 0.412. The number of amides is 1. The Hall–Kier alpha value is -1.62. The number of nitrogens with zero attached hydrogens (tertiary/aromatic N) is 2. The van der Waals surface area contributed by atoms with E-state index in [0.717, 1.165) is 29.4 Å². The molecule has 2 rings (SSSR count). The fourth-order valence-corrected chi connectivity index (χ4v) is 3.15. The molecule has 0 aliphatic heterocycles. The van der Waals surface area contributed by atoms with Crippen LogP contribution in [0.25, 0.3) is 0 Å². The summed E-state index contributed by atoms with van der Waals surface area (Å²) >= 11 is 3.42. The first-order valence-electron chi connectivity index (χ1n) is 8.63. The van der Waals surface area contributed by atoms with Gasteiger partial charge in [0.05, 0.1) is 10.5 Å². The van der Waals surface area contributed by atoms with Crippen LogP contribution in [0.3, 0.4) is 0 Å². The van der Waals surface area contributed by atoms with E-state index < -0.39 is 0 Å². The van der Waals surface area contributed by atoms with Crippen molar-refractivity contribution in [3.05, 3.63) is 51.8 Å². The number of hydrogen-bond acceptors (Lipinski definition) is 2. The normalized spacial score (nSPS) is 13.5. The minimum absolute atomic E-state index is 0.0119. The molecule has 1 amide bonds. The third-order valence-electron chi connectivity index (χ3n) is 4.49. The van der Waals surface area contributed by atoms with Gasteiger partial charge >= 0.3 is 0 Å². The Morgan fingerprint density at radius 2 is 1.79 bits per heavy atom. The minimum atomic E-state index is -0.146. The number of nitrogens with one attached hydrogen (secondary N) is 1. The van der Waals surface area contributed by atoms with Crippen LogP contribution in [0.1, 0.15) is 74.1 Å². The van der Waals surface area contributed by atoms with E-state index in [0.29, 0.717) is 11.6 Å². The van der Waals surface area contributed by atoms with Crippen LogP contribution in [0.5, 0.6) is 0 Å². The molecular weight excluding hydrogens is 366 g/mol. The summed E-state index contributed by atoms with van der Waals surface area (Å²) < 4.78 is 2.48. The average molecular weight is 392 g/mol. The highest BCUT2D eigenvalue weighted by Crippen LogP contribution is 2.23. The van der Waals surface area contributed by atoms with E-state index in [1.54, 1.807) is 4.68 Å². The fourth-order valence-electron chi connectivity index (χ4n) is 2.65. The van der Waals surface area contributed by atoms with Crippen LogP contribution in [0.4, 0.5) is 0 Å². The maximum Gasteiger partial charge on any atom is 0.273 e. The maximum atomic E-state index is 12.5. The summed E-state index contributed by atoms with van der Waals surface area (Å²) in [5, 5.41) is 7.41. The molecule has 1 heterocycles. The molecule has 130 valence electrons. The first kappa shape index (κ1) is 18.7. The zero-order chi connectivity index (χ0) is 17.7. The van der Waals surface area contributed by atoms with Gasteiger partial charge in [-0.1, -0.05) is 45.0 Å². The number of carbonyl (C=O) groups is 1. The largest absolute Gasteiger partial charge is 0.344 e. The smallest absolute Gasteiger partial charge is 0.273 e. The first-order chi connectivity index (χ1) is 11.5. The predicted molar refractivity (Wildman–Crippen MR) is 101 cm³/mol. The topological polar surface area (TPSA) is 46.9 Å². The molecule has 2 atom stereocenters. The number of benzene rings is 1. The number of carbonyl (C=O) groups excluding carboxylic acids is 1. The summed E-state index contributed by atoms with van der Waals surface area (Å²) in [4.78, 5) is 12.5. The highest BCUT2D eigenvalue weighted by atomic mass is 79.9. The molecule has 0 fully saturated rings. The molecule has 4 nitrogen and oxygen atoms in total. The molecule has 0 saturated carbocycles. The van der Waals surface area contributed by atoms with Gasteiger partial charge in [-0.05, 0) is 52.7 Å². The Morgan fingerprint density at radius 3 is 2.29 bits per heavy atom. The van der Waals surface area contributed by atoms with Crippen molar-refractivity contribution in [1.29, 1.82) is 0 Å². The van der Waals surface area contributed by atoms with Crippen molar-refractivity contribution in [3.63, 3.8) is 0 Å².